The van der Waals surface area contributed by atoms with Gasteiger partial charge >= 0.3 is 31.2 Å². The second-order valence-corrected chi connectivity index (χ2v) is 4.03. The summed E-state index contributed by atoms with van der Waals surface area (Å²) in [6.45, 7) is 0. The summed E-state index contributed by atoms with van der Waals surface area (Å²) >= 11 is 0. The first-order valence-corrected chi connectivity index (χ1v) is 6.29. The third-order valence-electron chi connectivity index (χ3n) is 0. The molecule has 0 aromatic rings. The average molecular weight is 317 g/mol. The third kappa shape index (κ3) is 7270. The van der Waals surface area contributed by atoms with Crippen LogP contribution in [-0.4, -0.2) is 82.1 Å². The van der Waals surface area contributed by atoms with E-state index in [1.807, 2.05) is 0 Å². The number of hydrogen-bond acceptors (Lipinski definition) is 6. The van der Waals surface area contributed by atoms with E-state index in [2.05, 4.69) is 0 Å². The molecule has 0 aliphatic rings. The van der Waals surface area contributed by atoms with Crippen molar-refractivity contribution in [2.45, 2.75) is 0 Å². The van der Waals surface area contributed by atoms with Gasteiger partial charge in [0.05, 0.1) is 0 Å². The van der Waals surface area contributed by atoms with Gasteiger partial charge in [0.25, 0.3) is 0 Å². The largest absolute Gasteiger partial charge is 0.394 e. The van der Waals surface area contributed by atoms with E-state index >= 15 is 0 Å². The Hall–Kier alpha value is 0.610. The maximum atomic E-state index is 8.74. The molecule has 0 aromatic heterocycles. The van der Waals surface area contributed by atoms with Gasteiger partial charge in [0.15, 0.2) is 0 Å². The van der Waals surface area contributed by atoms with Crippen molar-refractivity contribution in [3.05, 3.63) is 0 Å². The van der Waals surface area contributed by atoms with Gasteiger partial charge < -0.3 is 0 Å². The molecule has 6 N–H and O–H groups in total. The van der Waals surface area contributed by atoms with Crippen LogP contribution >= 0.6 is 0 Å². The van der Waals surface area contributed by atoms with Crippen LogP contribution in [-0.2, 0) is 31.2 Å². The molecule has 0 aliphatic heterocycles. The molecule has 12 nitrogen and oxygen atoms in total. The Morgan fingerprint density at radius 3 is 0.438 bits per heavy atom. The predicted molar refractivity (Wildman–Crippen MR) is 48.3 cm³/mol. The van der Waals surface area contributed by atoms with Crippen LogP contribution in [0.15, 0.2) is 0 Å². The maximum absolute atomic E-state index is 8.74. The average Bonchev–Trinajstić information content (AvgIpc) is 1.41. The summed E-state index contributed by atoms with van der Waals surface area (Å²) in [6, 6.07) is 0. The van der Waals surface area contributed by atoms with Crippen molar-refractivity contribution < 1.29 is 52.6 Å². The minimum Gasteiger partial charge on any atom is -0.264 e. The van der Waals surface area contributed by atoms with Crippen molar-refractivity contribution >= 4 is 60.8 Å². The minimum absolute atomic E-state index is 0. The van der Waals surface area contributed by atoms with E-state index < -0.39 is 31.2 Å². The van der Waals surface area contributed by atoms with Gasteiger partial charge in [-0.15, -0.1) is 0 Å². The van der Waals surface area contributed by atoms with E-state index in [0.717, 1.165) is 0 Å². The predicted octanol–water partition coefficient (Wildman–Crippen LogP) is -2.34. The van der Waals surface area contributed by atoms with E-state index in [1.165, 1.54) is 0 Å². The van der Waals surface area contributed by atoms with Crippen LogP contribution in [0.3, 0.4) is 0 Å². The molecule has 0 aliphatic carbocycles. The smallest absolute Gasteiger partial charge is 0.264 e. The van der Waals surface area contributed by atoms with Crippen molar-refractivity contribution in [3.8, 4) is 0 Å². The molecule has 0 unspecified atom stereocenters. The van der Waals surface area contributed by atoms with Crippen molar-refractivity contribution in [2.75, 3.05) is 0 Å². The Kier molecular flexibility index (Phi) is 15.3. The van der Waals surface area contributed by atoms with Crippen LogP contribution in [0.25, 0.3) is 0 Å². The Labute approximate surface area is 113 Å². The minimum atomic E-state index is -4.67. The summed E-state index contributed by atoms with van der Waals surface area (Å²) in [5.74, 6) is 0. The second-order valence-electron chi connectivity index (χ2n) is 1.34. The zero-order chi connectivity index (χ0) is 13.5. The quantitative estimate of drug-likeness (QED) is 0.204. The second kappa shape index (κ2) is 9.62. The molecule has 0 bridgehead atoms. The summed E-state index contributed by atoms with van der Waals surface area (Å²) in [5, 5.41) is 0. The maximum Gasteiger partial charge on any atom is 0.394 e. The van der Waals surface area contributed by atoms with Crippen molar-refractivity contribution in [3.63, 3.8) is 0 Å². The number of hydrogen-bond donors (Lipinski definition) is 6. The molecule has 16 heteroatoms. The normalized spacial score (nSPS) is 10.9. The molecule has 0 saturated carbocycles. The fraction of sp³-hybridized carbons (Fsp3) is 0. The topological polar surface area (TPSA) is 224 Å². The van der Waals surface area contributed by atoms with Crippen LogP contribution < -0.4 is 0 Å². The molecule has 0 amide bonds. The third-order valence-corrected chi connectivity index (χ3v) is 0. The molecule has 0 rings (SSSR count). The molecular formula is H6NaO12S3. The van der Waals surface area contributed by atoms with Gasteiger partial charge in [0.2, 0.25) is 0 Å². The standard InChI is InChI=1S/Na.3H2O4S/c;3*1-5(2,3)4/h;3*(H2,1,2,3,4). The van der Waals surface area contributed by atoms with Crippen molar-refractivity contribution in [1.82, 2.24) is 0 Å². The molecule has 1 radical (unpaired) electrons. The van der Waals surface area contributed by atoms with Gasteiger partial charge in [-0.05, 0) is 0 Å². The van der Waals surface area contributed by atoms with E-state index in [9.17, 15) is 0 Å². The van der Waals surface area contributed by atoms with E-state index in [-0.39, 0.29) is 29.6 Å². The Morgan fingerprint density at radius 1 is 0.438 bits per heavy atom. The first kappa shape index (κ1) is 25.5. The zero-order valence-corrected chi connectivity index (χ0v) is 11.8. The molecular weight excluding hydrogens is 311 g/mol. The van der Waals surface area contributed by atoms with Gasteiger partial charge in [-0.1, -0.05) is 0 Å². The Bertz CT molecular complexity index is 337. The Balaban J connectivity index is -0.0000000655. The summed E-state index contributed by atoms with van der Waals surface area (Å²) in [5.41, 5.74) is 0. The molecule has 0 heterocycles. The molecule has 0 atom stereocenters. The summed E-state index contributed by atoms with van der Waals surface area (Å²) in [6.07, 6.45) is 0. The van der Waals surface area contributed by atoms with Crippen molar-refractivity contribution in [1.29, 1.82) is 0 Å². The molecule has 0 aromatic carbocycles. The van der Waals surface area contributed by atoms with E-state index in [0.29, 0.717) is 0 Å². The monoisotopic (exact) mass is 317 g/mol. The summed E-state index contributed by atoms with van der Waals surface area (Å²) in [4.78, 5) is 0. The molecule has 0 spiro atoms. The first-order valence-electron chi connectivity index (χ1n) is 2.10. The van der Waals surface area contributed by atoms with E-state index in [1.54, 1.807) is 0 Å². The Morgan fingerprint density at radius 2 is 0.438 bits per heavy atom. The van der Waals surface area contributed by atoms with Gasteiger partial charge in [-0.3, -0.25) is 27.3 Å². The van der Waals surface area contributed by atoms with E-state index in [4.69, 9.17) is 52.6 Å². The zero-order valence-electron chi connectivity index (χ0n) is 7.36. The first-order chi connectivity index (χ1) is 6.00. The fourth-order valence-corrected chi connectivity index (χ4v) is 0. The number of rotatable bonds is 0. The SMILES string of the molecule is O=S(=O)(O)O.O=S(=O)(O)O.O=S(=O)(O)O.[Na]. The van der Waals surface area contributed by atoms with Crippen LogP contribution in [0.2, 0.25) is 0 Å². The van der Waals surface area contributed by atoms with Crippen LogP contribution in [0.5, 0.6) is 0 Å². The van der Waals surface area contributed by atoms with Gasteiger partial charge in [-0.2, -0.15) is 25.3 Å². The fourth-order valence-electron chi connectivity index (χ4n) is 0. The van der Waals surface area contributed by atoms with Gasteiger partial charge in [0, 0.05) is 29.6 Å². The van der Waals surface area contributed by atoms with Crippen LogP contribution in [0.4, 0.5) is 0 Å². The van der Waals surface area contributed by atoms with Gasteiger partial charge in [-0.25, -0.2) is 0 Å². The summed E-state index contributed by atoms with van der Waals surface area (Å²) < 4.78 is 94.8. The van der Waals surface area contributed by atoms with Crippen LogP contribution in [0, 0.1) is 0 Å². The van der Waals surface area contributed by atoms with Crippen LogP contribution in [0.1, 0.15) is 0 Å². The summed E-state index contributed by atoms with van der Waals surface area (Å²) in [7, 11) is -14.0. The molecule has 0 saturated heterocycles. The molecule has 97 valence electrons. The molecule has 16 heavy (non-hydrogen) atoms. The van der Waals surface area contributed by atoms with Crippen molar-refractivity contribution in [2.24, 2.45) is 0 Å². The molecule has 0 fully saturated rings. The van der Waals surface area contributed by atoms with Gasteiger partial charge in [0.1, 0.15) is 0 Å².